The quantitative estimate of drug-likeness (QED) is 0.708. The molecular weight excluding hydrogens is 224 g/mol. The van der Waals surface area contributed by atoms with E-state index in [1.165, 1.54) is 6.26 Å². The summed E-state index contributed by atoms with van der Waals surface area (Å²) >= 11 is 0. The van der Waals surface area contributed by atoms with E-state index in [1.807, 2.05) is 12.2 Å². The monoisotopic (exact) mass is 240 g/mol. The van der Waals surface area contributed by atoms with Gasteiger partial charge in [0.1, 0.15) is 9.92 Å². The molecule has 0 aromatic rings. The third kappa shape index (κ3) is 5.04. The lowest BCUT2D eigenvalue weighted by molar-refractivity contribution is -0.113. The molecule has 0 saturated carbocycles. The number of hydrogen-bond acceptors (Lipinski definition) is 2. The Labute approximate surface area is 96.2 Å². The van der Waals surface area contributed by atoms with Gasteiger partial charge in [0.25, 0.3) is 5.91 Å². The third-order valence-corrected chi connectivity index (χ3v) is 2.48. The van der Waals surface area contributed by atoms with Crippen LogP contribution in [0.25, 0.3) is 0 Å². The fourth-order valence-corrected chi connectivity index (χ4v) is 1.69. The molecule has 0 spiro atoms. The molecule has 16 heavy (non-hydrogen) atoms. The standard InChI is InChI=1S/C11H16N2O2S/c1-16(12,15)13-11(14)10-8-6-4-2-3-5-7-9-10/h2,4,7-9H,3,5-6H2,1H3,(H2,12,13,14,15)/b4-2-,9-7-,10-8+. The Morgan fingerprint density at radius 3 is 2.75 bits per heavy atom. The molecule has 0 saturated heterocycles. The normalized spacial score (nSPS) is 27.2. The lowest BCUT2D eigenvalue weighted by atomic mass is 10.2. The van der Waals surface area contributed by atoms with Gasteiger partial charge in [0.05, 0.1) is 0 Å². The highest BCUT2D eigenvalue weighted by Crippen LogP contribution is 2.08. The Balaban J connectivity index is 2.93. The number of hydrogen-bond donors (Lipinski definition) is 1. The first kappa shape index (κ1) is 12.9. The topological polar surface area (TPSA) is 72.5 Å². The minimum absolute atomic E-state index is 0.451. The van der Waals surface area contributed by atoms with Crippen LogP contribution in [-0.4, -0.2) is 16.4 Å². The van der Waals surface area contributed by atoms with Crippen LogP contribution in [0.2, 0.25) is 0 Å². The van der Waals surface area contributed by atoms with Crippen molar-refractivity contribution in [1.82, 2.24) is 0 Å². The predicted octanol–water partition coefficient (Wildman–Crippen LogP) is 1.71. The summed E-state index contributed by atoms with van der Waals surface area (Å²) in [6.45, 7) is 0. The lowest BCUT2D eigenvalue weighted by Gasteiger charge is -1.97. The van der Waals surface area contributed by atoms with Crippen molar-refractivity contribution >= 4 is 15.8 Å². The fraction of sp³-hybridized carbons (Fsp3) is 0.364. The van der Waals surface area contributed by atoms with Crippen LogP contribution < -0.4 is 5.14 Å². The second kappa shape index (κ2) is 5.77. The zero-order valence-electron chi connectivity index (χ0n) is 9.26. The number of nitrogens with two attached hydrogens (primary N) is 1. The molecule has 0 radical (unpaired) electrons. The molecule has 0 aromatic carbocycles. The van der Waals surface area contributed by atoms with Crippen LogP contribution in [0.15, 0.2) is 40.3 Å². The van der Waals surface area contributed by atoms with Gasteiger partial charge < -0.3 is 0 Å². The second-order valence-electron chi connectivity index (χ2n) is 3.60. The van der Waals surface area contributed by atoms with Gasteiger partial charge in [0, 0.05) is 11.8 Å². The summed E-state index contributed by atoms with van der Waals surface area (Å²) in [6.07, 6.45) is 13.2. The predicted molar refractivity (Wildman–Crippen MR) is 65.9 cm³/mol. The molecule has 1 atom stereocenters. The number of allylic oxidation sites excluding steroid dienone is 4. The Morgan fingerprint density at radius 1 is 1.38 bits per heavy atom. The van der Waals surface area contributed by atoms with Crippen LogP contribution >= 0.6 is 0 Å². The number of carbonyl (C=O) groups is 1. The Morgan fingerprint density at radius 2 is 2.06 bits per heavy atom. The molecule has 1 amide bonds. The van der Waals surface area contributed by atoms with E-state index in [2.05, 4.69) is 10.4 Å². The van der Waals surface area contributed by atoms with Crippen molar-refractivity contribution in [2.24, 2.45) is 9.50 Å². The molecule has 1 unspecified atom stereocenters. The molecule has 1 aliphatic carbocycles. The third-order valence-electron chi connectivity index (χ3n) is 1.95. The van der Waals surface area contributed by atoms with Gasteiger partial charge in [-0.1, -0.05) is 30.4 Å². The van der Waals surface area contributed by atoms with Crippen molar-refractivity contribution in [1.29, 1.82) is 0 Å². The van der Waals surface area contributed by atoms with E-state index in [9.17, 15) is 9.00 Å². The molecule has 5 heteroatoms. The molecule has 0 fully saturated rings. The second-order valence-corrected chi connectivity index (χ2v) is 5.51. The first-order chi connectivity index (χ1) is 7.49. The van der Waals surface area contributed by atoms with Crippen molar-refractivity contribution in [3.8, 4) is 0 Å². The van der Waals surface area contributed by atoms with E-state index in [-0.39, 0.29) is 0 Å². The van der Waals surface area contributed by atoms with Crippen LogP contribution in [0.3, 0.4) is 0 Å². The Hall–Kier alpha value is -1.20. The minimum Gasteiger partial charge on any atom is -0.266 e. The van der Waals surface area contributed by atoms with Crippen LogP contribution in [-0.2, 0) is 14.7 Å². The van der Waals surface area contributed by atoms with Crippen molar-refractivity contribution in [2.75, 3.05) is 6.26 Å². The Bertz CT molecular complexity index is 458. The first-order valence-electron chi connectivity index (χ1n) is 5.05. The number of carbonyl (C=O) groups excluding carboxylic acids is 1. The highest BCUT2D eigenvalue weighted by molar-refractivity contribution is 7.91. The number of amides is 1. The maximum atomic E-state index is 11.6. The van der Waals surface area contributed by atoms with Crippen LogP contribution in [0, 0.1) is 0 Å². The molecule has 0 bridgehead atoms. The van der Waals surface area contributed by atoms with E-state index in [1.54, 1.807) is 12.2 Å². The zero-order valence-corrected chi connectivity index (χ0v) is 10.1. The van der Waals surface area contributed by atoms with E-state index >= 15 is 0 Å². The summed E-state index contributed by atoms with van der Waals surface area (Å²) in [5.41, 5.74) is 0.451. The molecule has 4 nitrogen and oxygen atoms in total. The van der Waals surface area contributed by atoms with Gasteiger partial charge in [-0.05, 0) is 19.3 Å². The molecule has 88 valence electrons. The van der Waals surface area contributed by atoms with Crippen LogP contribution in [0.1, 0.15) is 19.3 Å². The summed E-state index contributed by atoms with van der Waals surface area (Å²) in [6, 6.07) is 0. The number of nitrogens with zero attached hydrogens (tertiary/aromatic N) is 1. The summed E-state index contributed by atoms with van der Waals surface area (Å²) < 4.78 is 14.6. The van der Waals surface area contributed by atoms with Gasteiger partial charge in [-0.2, -0.15) is 0 Å². The highest BCUT2D eigenvalue weighted by Gasteiger charge is 2.06. The van der Waals surface area contributed by atoms with Crippen LogP contribution in [0.4, 0.5) is 0 Å². The van der Waals surface area contributed by atoms with Gasteiger partial charge in [-0.3, -0.25) is 4.79 Å². The van der Waals surface area contributed by atoms with E-state index < -0.39 is 15.8 Å². The summed E-state index contributed by atoms with van der Waals surface area (Å²) in [7, 11) is -2.87. The largest absolute Gasteiger partial charge is 0.285 e. The SMILES string of the molecule is CS(N)(=O)=NC(=O)C1=C/C/C=C\CC/C=C\1. The smallest absolute Gasteiger partial charge is 0.266 e. The van der Waals surface area contributed by atoms with Crippen molar-refractivity contribution in [3.05, 3.63) is 36.0 Å². The maximum absolute atomic E-state index is 11.6. The maximum Gasteiger partial charge on any atom is 0.285 e. The summed E-state index contributed by atoms with van der Waals surface area (Å²) in [4.78, 5) is 11.6. The van der Waals surface area contributed by atoms with Crippen molar-refractivity contribution in [3.63, 3.8) is 0 Å². The molecule has 0 aliphatic heterocycles. The average molecular weight is 240 g/mol. The van der Waals surface area contributed by atoms with Gasteiger partial charge >= 0.3 is 0 Å². The lowest BCUT2D eigenvalue weighted by Crippen LogP contribution is -2.12. The van der Waals surface area contributed by atoms with E-state index in [4.69, 9.17) is 5.14 Å². The van der Waals surface area contributed by atoms with Gasteiger partial charge in [0.15, 0.2) is 0 Å². The highest BCUT2D eigenvalue weighted by atomic mass is 32.2. The van der Waals surface area contributed by atoms with E-state index in [0.717, 1.165) is 12.8 Å². The minimum atomic E-state index is -2.87. The van der Waals surface area contributed by atoms with E-state index in [0.29, 0.717) is 12.0 Å². The molecule has 1 rings (SSSR count). The van der Waals surface area contributed by atoms with Gasteiger partial charge in [-0.15, -0.1) is 4.36 Å². The van der Waals surface area contributed by atoms with Crippen LogP contribution in [0.5, 0.6) is 0 Å². The summed E-state index contributed by atoms with van der Waals surface area (Å²) in [5.74, 6) is -0.512. The molecule has 2 N–H and O–H groups in total. The van der Waals surface area contributed by atoms with Crippen molar-refractivity contribution < 1.29 is 9.00 Å². The van der Waals surface area contributed by atoms with Gasteiger partial charge in [0.2, 0.25) is 0 Å². The fourth-order valence-electron chi connectivity index (χ4n) is 1.26. The summed E-state index contributed by atoms with van der Waals surface area (Å²) in [5, 5.41) is 5.22. The molecule has 0 heterocycles. The van der Waals surface area contributed by atoms with Crippen molar-refractivity contribution in [2.45, 2.75) is 19.3 Å². The zero-order chi connectivity index (χ0) is 12.0. The molecule has 0 aromatic heterocycles. The molecular formula is C11H16N2O2S. The number of rotatable bonds is 1. The first-order valence-corrected chi connectivity index (χ1v) is 7.03. The molecule has 1 aliphatic rings. The average Bonchev–Trinajstić information content (AvgIpc) is 2.27. The Kier molecular flexibility index (Phi) is 4.64. The van der Waals surface area contributed by atoms with Gasteiger partial charge in [-0.25, -0.2) is 9.35 Å².